The Balaban J connectivity index is 1.81. The number of oxazole rings is 1. The van der Waals surface area contributed by atoms with Gasteiger partial charge in [-0.2, -0.15) is 0 Å². The average Bonchev–Trinajstić information content (AvgIpc) is 3.11. The lowest BCUT2D eigenvalue weighted by atomic mass is 10.2. The fraction of sp³-hybridized carbons (Fsp3) is 0.333. The highest BCUT2D eigenvalue weighted by molar-refractivity contribution is 5.93. The summed E-state index contributed by atoms with van der Waals surface area (Å²) >= 11 is 0. The number of aromatic nitrogens is 1. The van der Waals surface area contributed by atoms with Crippen LogP contribution in [-0.2, 0) is 4.79 Å². The molecular weight excluding hydrogens is 344 g/mol. The van der Waals surface area contributed by atoms with Crippen LogP contribution in [-0.4, -0.2) is 25.1 Å². The van der Waals surface area contributed by atoms with Crippen molar-refractivity contribution in [2.24, 2.45) is 0 Å². The zero-order chi connectivity index (χ0) is 19.2. The molecule has 0 radical (unpaired) electrons. The lowest BCUT2D eigenvalue weighted by Gasteiger charge is -2.07. The summed E-state index contributed by atoms with van der Waals surface area (Å²) in [6.07, 6.45) is 3.58. The standard InChI is InChI=1S/C21H24N2O4/c1-4-5-6-7-20(24)22-15-9-11-17-16(13-15)23-21(27-17)14-8-10-18(25-2)19(12-14)26-3/h8-13H,4-7H2,1-3H3,(H,22,24). The molecule has 1 aromatic heterocycles. The van der Waals surface area contributed by atoms with E-state index in [0.717, 1.165) is 30.5 Å². The van der Waals surface area contributed by atoms with Crippen LogP contribution in [0, 0.1) is 0 Å². The molecule has 1 amide bonds. The van der Waals surface area contributed by atoms with Crippen molar-refractivity contribution in [3.63, 3.8) is 0 Å². The van der Waals surface area contributed by atoms with Crippen LogP contribution in [0.5, 0.6) is 11.5 Å². The van der Waals surface area contributed by atoms with E-state index < -0.39 is 0 Å². The number of unbranched alkanes of at least 4 members (excludes halogenated alkanes) is 2. The predicted octanol–water partition coefficient (Wildman–Crippen LogP) is 5.03. The summed E-state index contributed by atoms with van der Waals surface area (Å²) in [5.41, 5.74) is 2.85. The molecule has 27 heavy (non-hydrogen) atoms. The van der Waals surface area contributed by atoms with Gasteiger partial charge in [0.05, 0.1) is 14.2 Å². The van der Waals surface area contributed by atoms with Crippen molar-refractivity contribution in [2.75, 3.05) is 19.5 Å². The summed E-state index contributed by atoms with van der Waals surface area (Å²) in [4.78, 5) is 16.5. The summed E-state index contributed by atoms with van der Waals surface area (Å²) < 4.78 is 16.4. The molecule has 0 fully saturated rings. The van der Waals surface area contributed by atoms with E-state index >= 15 is 0 Å². The molecule has 1 heterocycles. The number of carbonyl (C=O) groups is 1. The molecule has 0 unspecified atom stereocenters. The van der Waals surface area contributed by atoms with Crippen LogP contribution in [0.4, 0.5) is 5.69 Å². The molecule has 0 saturated carbocycles. The van der Waals surface area contributed by atoms with Crippen molar-refractivity contribution < 1.29 is 18.7 Å². The van der Waals surface area contributed by atoms with Gasteiger partial charge in [0.15, 0.2) is 17.1 Å². The molecule has 0 aliphatic heterocycles. The molecule has 0 saturated heterocycles. The highest BCUT2D eigenvalue weighted by Gasteiger charge is 2.13. The minimum atomic E-state index is 0.0198. The first-order valence-electron chi connectivity index (χ1n) is 9.07. The largest absolute Gasteiger partial charge is 0.493 e. The third-order valence-electron chi connectivity index (χ3n) is 4.31. The van der Waals surface area contributed by atoms with Crippen LogP contribution in [0.25, 0.3) is 22.6 Å². The summed E-state index contributed by atoms with van der Waals surface area (Å²) in [7, 11) is 3.18. The van der Waals surface area contributed by atoms with Crippen LogP contribution in [0.2, 0.25) is 0 Å². The molecule has 3 aromatic rings. The maximum absolute atomic E-state index is 12.0. The van der Waals surface area contributed by atoms with Crippen LogP contribution >= 0.6 is 0 Å². The van der Waals surface area contributed by atoms with Crippen LogP contribution in [0.1, 0.15) is 32.6 Å². The molecule has 0 atom stereocenters. The Morgan fingerprint density at radius 1 is 1.07 bits per heavy atom. The number of fused-ring (bicyclic) bond motifs is 1. The Kier molecular flexibility index (Phi) is 5.96. The number of rotatable bonds is 8. The van der Waals surface area contributed by atoms with E-state index in [-0.39, 0.29) is 5.91 Å². The maximum Gasteiger partial charge on any atom is 0.227 e. The SMILES string of the molecule is CCCCCC(=O)Nc1ccc2oc(-c3ccc(OC)c(OC)c3)nc2c1. The number of hydrogen-bond acceptors (Lipinski definition) is 5. The molecule has 142 valence electrons. The predicted molar refractivity (Wildman–Crippen MR) is 105 cm³/mol. The monoisotopic (exact) mass is 368 g/mol. The maximum atomic E-state index is 12.0. The summed E-state index contributed by atoms with van der Waals surface area (Å²) in [5.74, 6) is 1.76. The van der Waals surface area contributed by atoms with Gasteiger partial charge in [-0.25, -0.2) is 4.98 Å². The number of carbonyl (C=O) groups excluding carboxylic acids is 1. The van der Waals surface area contributed by atoms with Gasteiger partial charge in [0.25, 0.3) is 0 Å². The average molecular weight is 368 g/mol. The number of amides is 1. The number of methoxy groups -OCH3 is 2. The zero-order valence-electron chi connectivity index (χ0n) is 15.9. The molecule has 1 N–H and O–H groups in total. The topological polar surface area (TPSA) is 73.6 Å². The van der Waals surface area contributed by atoms with Gasteiger partial charge in [-0.3, -0.25) is 4.79 Å². The fourth-order valence-corrected chi connectivity index (χ4v) is 2.86. The summed E-state index contributed by atoms with van der Waals surface area (Å²) in [6, 6.07) is 11.0. The number of benzene rings is 2. The van der Waals surface area contributed by atoms with Gasteiger partial charge in [-0.1, -0.05) is 19.8 Å². The second kappa shape index (κ2) is 8.58. The van der Waals surface area contributed by atoms with E-state index in [0.29, 0.717) is 34.9 Å². The van der Waals surface area contributed by atoms with E-state index in [9.17, 15) is 4.79 Å². The van der Waals surface area contributed by atoms with Crippen molar-refractivity contribution in [2.45, 2.75) is 32.6 Å². The van der Waals surface area contributed by atoms with Crippen molar-refractivity contribution in [1.82, 2.24) is 4.98 Å². The normalized spacial score (nSPS) is 10.8. The molecule has 0 aliphatic rings. The number of ether oxygens (including phenoxy) is 2. The van der Waals surface area contributed by atoms with Crippen molar-refractivity contribution in [3.05, 3.63) is 36.4 Å². The molecule has 6 nitrogen and oxygen atoms in total. The number of anilines is 1. The first-order chi connectivity index (χ1) is 13.1. The minimum Gasteiger partial charge on any atom is -0.493 e. The highest BCUT2D eigenvalue weighted by Crippen LogP contribution is 2.33. The quantitative estimate of drug-likeness (QED) is 0.565. The van der Waals surface area contributed by atoms with E-state index in [1.54, 1.807) is 14.2 Å². The van der Waals surface area contributed by atoms with Crippen molar-refractivity contribution in [3.8, 4) is 23.0 Å². The minimum absolute atomic E-state index is 0.0198. The van der Waals surface area contributed by atoms with Crippen LogP contribution in [0.15, 0.2) is 40.8 Å². The van der Waals surface area contributed by atoms with Gasteiger partial charge in [0.1, 0.15) is 5.52 Å². The Labute approximate surface area is 158 Å². The van der Waals surface area contributed by atoms with Gasteiger partial charge in [-0.15, -0.1) is 0 Å². The molecule has 0 bridgehead atoms. The van der Waals surface area contributed by atoms with Gasteiger partial charge < -0.3 is 19.2 Å². The van der Waals surface area contributed by atoms with E-state index in [1.807, 2.05) is 36.4 Å². The van der Waals surface area contributed by atoms with Crippen molar-refractivity contribution >= 4 is 22.7 Å². The van der Waals surface area contributed by atoms with Gasteiger partial charge in [-0.05, 0) is 42.8 Å². The van der Waals surface area contributed by atoms with Gasteiger partial charge in [0, 0.05) is 17.7 Å². The number of hydrogen-bond donors (Lipinski definition) is 1. The fourth-order valence-electron chi connectivity index (χ4n) is 2.86. The first kappa shape index (κ1) is 18.8. The van der Waals surface area contributed by atoms with E-state index in [2.05, 4.69) is 17.2 Å². The lowest BCUT2D eigenvalue weighted by molar-refractivity contribution is -0.116. The lowest BCUT2D eigenvalue weighted by Crippen LogP contribution is -2.10. The Morgan fingerprint density at radius 3 is 2.63 bits per heavy atom. The smallest absolute Gasteiger partial charge is 0.227 e. The van der Waals surface area contributed by atoms with Gasteiger partial charge in [0.2, 0.25) is 11.8 Å². The molecular formula is C21H24N2O4. The van der Waals surface area contributed by atoms with E-state index in [4.69, 9.17) is 13.9 Å². The van der Waals surface area contributed by atoms with Gasteiger partial charge >= 0.3 is 0 Å². The molecule has 0 aliphatic carbocycles. The Hall–Kier alpha value is -3.02. The number of nitrogens with zero attached hydrogens (tertiary/aromatic N) is 1. The molecule has 2 aromatic carbocycles. The molecule has 3 rings (SSSR count). The Morgan fingerprint density at radius 2 is 1.89 bits per heavy atom. The molecule has 6 heteroatoms. The third-order valence-corrected chi connectivity index (χ3v) is 4.31. The second-order valence-electron chi connectivity index (χ2n) is 6.28. The summed E-state index contributed by atoms with van der Waals surface area (Å²) in [5, 5.41) is 2.92. The third kappa shape index (κ3) is 4.39. The second-order valence-corrected chi connectivity index (χ2v) is 6.28. The van der Waals surface area contributed by atoms with Crippen LogP contribution < -0.4 is 14.8 Å². The van der Waals surface area contributed by atoms with E-state index in [1.165, 1.54) is 0 Å². The Bertz CT molecular complexity index is 933. The number of nitrogens with one attached hydrogen (secondary N) is 1. The summed E-state index contributed by atoms with van der Waals surface area (Å²) in [6.45, 7) is 2.12. The highest BCUT2D eigenvalue weighted by atomic mass is 16.5. The zero-order valence-corrected chi connectivity index (χ0v) is 15.9. The first-order valence-corrected chi connectivity index (χ1v) is 9.07. The van der Waals surface area contributed by atoms with Crippen LogP contribution in [0.3, 0.4) is 0 Å². The van der Waals surface area contributed by atoms with Crippen molar-refractivity contribution in [1.29, 1.82) is 0 Å². The molecule has 0 spiro atoms.